The van der Waals surface area contributed by atoms with E-state index in [0.717, 1.165) is 16.7 Å². The number of carbonyl (C=O) groups is 2. The van der Waals surface area contributed by atoms with Gasteiger partial charge in [-0.2, -0.15) is 0 Å². The van der Waals surface area contributed by atoms with Gasteiger partial charge in [-0.3, -0.25) is 9.59 Å². The fraction of sp³-hybridized carbons (Fsp3) is 0.529. The van der Waals surface area contributed by atoms with Gasteiger partial charge in [0.2, 0.25) is 5.91 Å². The van der Waals surface area contributed by atoms with Gasteiger partial charge in [0.1, 0.15) is 0 Å². The molecule has 6 heteroatoms. The number of carbonyl (C=O) groups excluding carboxylic acids is 2. The second-order valence-corrected chi connectivity index (χ2v) is 7.35. The lowest BCUT2D eigenvalue weighted by atomic mass is 9.87. The van der Waals surface area contributed by atoms with Crippen molar-refractivity contribution in [3.05, 3.63) is 28.2 Å². The summed E-state index contributed by atoms with van der Waals surface area (Å²) in [4.78, 5) is 25.3. The van der Waals surface area contributed by atoms with Gasteiger partial charge < -0.3 is 15.0 Å². The molecule has 0 fully saturated rings. The number of ether oxygens (including phenoxy) is 1. The van der Waals surface area contributed by atoms with Gasteiger partial charge in [0, 0.05) is 35.1 Å². The monoisotopic (exact) mass is 382 g/mol. The van der Waals surface area contributed by atoms with Crippen LogP contribution in [0.4, 0.5) is 5.69 Å². The first-order chi connectivity index (χ1) is 10.8. The van der Waals surface area contributed by atoms with Crippen LogP contribution in [0.1, 0.15) is 32.3 Å². The topological polar surface area (TPSA) is 58.6 Å². The average molecular weight is 383 g/mol. The summed E-state index contributed by atoms with van der Waals surface area (Å²) in [7, 11) is 1.37. The fourth-order valence-electron chi connectivity index (χ4n) is 2.91. The van der Waals surface area contributed by atoms with Crippen molar-refractivity contribution < 1.29 is 14.3 Å². The highest BCUT2D eigenvalue weighted by Gasteiger charge is 2.35. The van der Waals surface area contributed by atoms with E-state index in [1.54, 1.807) is 0 Å². The molecule has 0 unspecified atom stereocenters. The van der Waals surface area contributed by atoms with Gasteiger partial charge in [-0.05, 0) is 30.2 Å². The third kappa shape index (κ3) is 4.47. The predicted octanol–water partition coefficient (Wildman–Crippen LogP) is 2.62. The third-order valence-electron chi connectivity index (χ3n) is 4.06. The Morgan fingerprint density at radius 2 is 2.13 bits per heavy atom. The number of nitrogens with zero attached hydrogens (tertiary/aromatic N) is 1. The Kier molecular flexibility index (Phi) is 5.68. The summed E-state index contributed by atoms with van der Waals surface area (Å²) >= 11 is 3.51. The van der Waals surface area contributed by atoms with Crippen LogP contribution in [0.15, 0.2) is 22.7 Å². The van der Waals surface area contributed by atoms with Crippen molar-refractivity contribution >= 4 is 33.5 Å². The van der Waals surface area contributed by atoms with E-state index in [4.69, 9.17) is 0 Å². The number of amides is 1. The summed E-state index contributed by atoms with van der Waals surface area (Å²) in [5, 5.41) is 2.86. The largest absolute Gasteiger partial charge is 0.469 e. The van der Waals surface area contributed by atoms with Crippen molar-refractivity contribution in [1.82, 2.24) is 5.32 Å². The summed E-state index contributed by atoms with van der Waals surface area (Å²) in [5.74, 6) is -0.276. The van der Waals surface area contributed by atoms with Gasteiger partial charge in [-0.25, -0.2) is 0 Å². The molecule has 126 valence electrons. The fourth-order valence-corrected chi connectivity index (χ4v) is 3.27. The normalized spacial score (nSPS) is 15.2. The van der Waals surface area contributed by atoms with Crippen LogP contribution in [0.25, 0.3) is 0 Å². The number of hydrogen-bond acceptors (Lipinski definition) is 4. The number of fused-ring (bicyclic) bond motifs is 1. The number of benzene rings is 1. The van der Waals surface area contributed by atoms with E-state index in [0.29, 0.717) is 25.9 Å². The quantitative estimate of drug-likeness (QED) is 0.606. The molecule has 1 aliphatic rings. The van der Waals surface area contributed by atoms with Crippen LogP contribution in [0.2, 0.25) is 0 Å². The molecule has 0 aliphatic carbocycles. The maximum atomic E-state index is 12.1. The molecule has 0 spiro atoms. The molecule has 0 saturated heterocycles. The van der Waals surface area contributed by atoms with E-state index < -0.39 is 0 Å². The minimum absolute atomic E-state index is 0.0181. The standard InChI is InChI=1S/C17H23BrN2O3/c1-17(2)11-20(14-7-6-12(18)9-13(14)17)10-15(21)19-8-4-5-16(22)23-3/h6-7,9H,4-5,8,10-11H2,1-3H3,(H,19,21). The Bertz CT molecular complexity index is 602. The van der Waals surface area contributed by atoms with E-state index in [2.05, 4.69) is 56.9 Å². The molecule has 0 saturated carbocycles. The molecular weight excluding hydrogens is 360 g/mol. The minimum atomic E-state index is -0.250. The highest BCUT2D eigenvalue weighted by Crippen LogP contribution is 2.41. The van der Waals surface area contributed by atoms with Crippen LogP contribution in [0, 0.1) is 0 Å². The third-order valence-corrected chi connectivity index (χ3v) is 4.55. The molecular formula is C17H23BrN2O3. The van der Waals surface area contributed by atoms with Crippen molar-refractivity contribution in [2.75, 3.05) is 31.6 Å². The van der Waals surface area contributed by atoms with Gasteiger partial charge in [0.15, 0.2) is 0 Å². The summed E-state index contributed by atoms with van der Waals surface area (Å²) in [5.41, 5.74) is 2.39. The Balaban J connectivity index is 1.89. The number of halogens is 1. The zero-order chi connectivity index (χ0) is 17.0. The van der Waals surface area contributed by atoms with Crippen molar-refractivity contribution in [3.63, 3.8) is 0 Å². The van der Waals surface area contributed by atoms with Crippen molar-refractivity contribution in [2.45, 2.75) is 32.1 Å². The van der Waals surface area contributed by atoms with E-state index >= 15 is 0 Å². The molecule has 1 aromatic rings. The molecule has 1 amide bonds. The second-order valence-electron chi connectivity index (χ2n) is 6.43. The molecule has 1 aromatic carbocycles. The molecule has 1 aliphatic heterocycles. The number of nitrogens with one attached hydrogen (secondary N) is 1. The van der Waals surface area contributed by atoms with Crippen molar-refractivity contribution in [2.24, 2.45) is 0 Å². The molecule has 5 nitrogen and oxygen atoms in total. The zero-order valence-corrected chi connectivity index (χ0v) is 15.4. The summed E-state index contributed by atoms with van der Waals surface area (Å²) in [6, 6.07) is 6.18. The van der Waals surface area contributed by atoms with E-state index in [1.807, 2.05) is 6.07 Å². The van der Waals surface area contributed by atoms with Gasteiger partial charge >= 0.3 is 5.97 Å². The van der Waals surface area contributed by atoms with Crippen LogP contribution in [0.3, 0.4) is 0 Å². The molecule has 23 heavy (non-hydrogen) atoms. The van der Waals surface area contributed by atoms with Gasteiger partial charge in [-0.15, -0.1) is 0 Å². The Morgan fingerprint density at radius 1 is 1.39 bits per heavy atom. The van der Waals surface area contributed by atoms with Gasteiger partial charge in [-0.1, -0.05) is 29.8 Å². The lowest BCUT2D eigenvalue weighted by Gasteiger charge is -2.21. The van der Waals surface area contributed by atoms with Crippen LogP contribution < -0.4 is 10.2 Å². The highest BCUT2D eigenvalue weighted by atomic mass is 79.9. The van der Waals surface area contributed by atoms with Crippen LogP contribution in [-0.2, 0) is 19.7 Å². The Morgan fingerprint density at radius 3 is 2.83 bits per heavy atom. The Hall–Kier alpha value is -1.56. The summed E-state index contributed by atoms with van der Waals surface area (Å²) < 4.78 is 5.63. The smallest absolute Gasteiger partial charge is 0.305 e. The lowest BCUT2D eigenvalue weighted by molar-refractivity contribution is -0.140. The number of esters is 1. The SMILES string of the molecule is COC(=O)CCCNC(=O)CN1CC(C)(C)c2cc(Br)ccc21. The first-order valence-electron chi connectivity index (χ1n) is 7.72. The highest BCUT2D eigenvalue weighted by molar-refractivity contribution is 9.10. The van der Waals surface area contributed by atoms with E-state index in [-0.39, 0.29) is 17.3 Å². The minimum Gasteiger partial charge on any atom is -0.469 e. The predicted molar refractivity (Wildman–Crippen MR) is 93.6 cm³/mol. The second kappa shape index (κ2) is 7.34. The first-order valence-corrected chi connectivity index (χ1v) is 8.51. The molecule has 0 atom stereocenters. The number of anilines is 1. The van der Waals surface area contributed by atoms with Gasteiger partial charge in [0.25, 0.3) is 0 Å². The summed E-state index contributed by atoms with van der Waals surface area (Å²) in [6.07, 6.45) is 0.915. The first kappa shape index (κ1) is 17.8. The van der Waals surface area contributed by atoms with Crippen LogP contribution in [-0.4, -0.2) is 38.6 Å². The molecule has 2 rings (SSSR count). The number of rotatable bonds is 6. The molecule has 1 N–H and O–H groups in total. The number of hydrogen-bond donors (Lipinski definition) is 1. The maximum absolute atomic E-state index is 12.1. The van der Waals surface area contributed by atoms with E-state index in [9.17, 15) is 9.59 Å². The molecule has 0 radical (unpaired) electrons. The van der Waals surface area contributed by atoms with Crippen LogP contribution in [0.5, 0.6) is 0 Å². The van der Waals surface area contributed by atoms with Gasteiger partial charge in [0.05, 0.1) is 13.7 Å². The van der Waals surface area contributed by atoms with E-state index in [1.165, 1.54) is 12.7 Å². The van der Waals surface area contributed by atoms with Crippen LogP contribution >= 0.6 is 15.9 Å². The average Bonchev–Trinajstić information content (AvgIpc) is 2.74. The molecule has 0 bridgehead atoms. The lowest BCUT2D eigenvalue weighted by Crippen LogP contribution is -2.39. The zero-order valence-electron chi connectivity index (χ0n) is 13.8. The van der Waals surface area contributed by atoms with Crippen molar-refractivity contribution in [1.29, 1.82) is 0 Å². The number of methoxy groups -OCH3 is 1. The maximum Gasteiger partial charge on any atom is 0.305 e. The molecule has 1 heterocycles. The Labute approximate surface area is 145 Å². The van der Waals surface area contributed by atoms with Crippen molar-refractivity contribution in [3.8, 4) is 0 Å². The summed E-state index contributed by atoms with van der Waals surface area (Å²) in [6.45, 7) is 6.00. The molecule has 0 aromatic heterocycles.